The predicted octanol–water partition coefficient (Wildman–Crippen LogP) is 2.46. The first-order valence-electron chi connectivity index (χ1n) is 3.39. The first-order valence-corrected chi connectivity index (χ1v) is 4.15. The van der Waals surface area contributed by atoms with Crippen LogP contribution in [0.4, 0.5) is 0 Å². The number of benzene rings is 1. The summed E-state index contributed by atoms with van der Waals surface area (Å²) in [5.74, 6) is -0.785. The van der Waals surface area contributed by atoms with Crippen LogP contribution in [-0.4, -0.2) is 17.7 Å². The number of halogens is 2. The average molecular weight is 221 g/mol. The molecule has 0 fully saturated rings. The normalized spacial score (nSPS) is 9.69. The van der Waals surface area contributed by atoms with Crippen molar-refractivity contribution < 1.29 is 14.6 Å². The van der Waals surface area contributed by atoms with Crippen molar-refractivity contribution in [1.82, 2.24) is 0 Å². The minimum atomic E-state index is -1.06. The van der Waals surface area contributed by atoms with E-state index in [1.54, 1.807) is 12.1 Å². The van der Waals surface area contributed by atoms with Gasteiger partial charge in [-0.05, 0) is 12.1 Å². The molecule has 0 bridgehead atoms. The van der Waals surface area contributed by atoms with Crippen molar-refractivity contribution in [3.05, 3.63) is 28.2 Å². The van der Waals surface area contributed by atoms with Gasteiger partial charge in [-0.25, -0.2) is 4.79 Å². The van der Waals surface area contributed by atoms with Gasteiger partial charge in [-0.2, -0.15) is 0 Å². The van der Waals surface area contributed by atoms with Crippen LogP contribution in [0.3, 0.4) is 0 Å². The van der Waals surface area contributed by atoms with E-state index in [1.807, 2.05) is 0 Å². The summed E-state index contributed by atoms with van der Waals surface area (Å²) >= 11 is 11.3. The van der Waals surface area contributed by atoms with Crippen molar-refractivity contribution in [3.63, 3.8) is 0 Å². The van der Waals surface area contributed by atoms with E-state index in [0.717, 1.165) is 0 Å². The second-order valence-electron chi connectivity index (χ2n) is 2.26. The zero-order valence-corrected chi connectivity index (χ0v) is 7.97. The van der Waals surface area contributed by atoms with Gasteiger partial charge < -0.3 is 9.84 Å². The zero-order chi connectivity index (χ0) is 9.84. The first-order chi connectivity index (χ1) is 6.09. The second kappa shape index (κ2) is 4.35. The van der Waals surface area contributed by atoms with Crippen LogP contribution in [0.15, 0.2) is 18.2 Å². The van der Waals surface area contributed by atoms with Crippen LogP contribution in [0.5, 0.6) is 5.75 Å². The molecule has 1 aromatic rings. The maximum Gasteiger partial charge on any atom is 0.341 e. The highest BCUT2D eigenvalue weighted by atomic mass is 35.5. The summed E-state index contributed by atoms with van der Waals surface area (Å²) in [7, 11) is 0. The van der Waals surface area contributed by atoms with Crippen molar-refractivity contribution in [1.29, 1.82) is 0 Å². The van der Waals surface area contributed by atoms with E-state index < -0.39 is 12.6 Å². The molecular weight excluding hydrogens is 215 g/mol. The van der Waals surface area contributed by atoms with Crippen molar-refractivity contribution in [3.8, 4) is 5.75 Å². The molecule has 0 aliphatic carbocycles. The van der Waals surface area contributed by atoms with E-state index in [2.05, 4.69) is 0 Å². The largest absolute Gasteiger partial charge is 0.480 e. The fourth-order valence-electron chi connectivity index (χ4n) is 0.727. The minimum absolute atomic E-state index is 0.275. The van der Waals surface area contributed by atoms with Crippen molar-refractivity contribution in [2.45, 2.75) is 0 Å². The minimum Gasteiger partial charge on any atom is -0.480 e. The molecule has 0 aliphatic rings. The first kappa shape index (κ1) is 10.2. The van der Waals surface area contributed by atoms with Crippen LogP contribution in [0.25, 0.3) is 0 Å². The number of carbonyl (C=O) groups is 1. The summed E-state index contributed by atoms with van der Waals surface area (Å²) in [6.45, 7) is -0.430. The van der Waals surface area contributed by atoms with Gasteiger partial charge in [0.2, 0.25) is 0 Å². The van der Waals surface area contributed by atoms with Crippen molar-refractivity contribution >= 4 is 29.2 Å². The van der Waals surface area contributed by atoms with E-state index in [9.17, 15) is 4.79 Å². The SMILES string of the molecule is O=C(O)COc1cc(Cl)ccc1Cl. The van der Waals surface area contributed by atoms with Gasteiger partial charge in [-0.15, -0.1) is 0 Å². The van der Waals surface area contributed by atoms with Crippen LogP contribution >= 0.6 is 23.2 Å². The van der Waals surface area contributed by atoms with Gasteiger partial charge in [-0.3, -0.25) is 0 Å². The van der Waals surface area contributed by atoms with Gasteiger partial charge in [0.15, 0.2) is 6.61 Å². The molecule has 0 saturated heterocycles. The third kappa shape index (κ3) is 3.13. The second-order valence-corrected chi connectivity index (χ2v) is 3.10. The topological polar surface area (TPSA) is 46.5 Å². The van der Waals surface area contributed by atoms with Crippen LogP contribution in [0, 0.1) is 0 Å². The van der Waals surface area contributed by atoms with Crippen LogP contribution < -0.4 is 4.74 Å². The quantitative estimate of drug-likeness (QED) is 0.852. The molecule has 70 valence electrons. The predicted molar refractivity (Wildman–Crippen MR) is 49.6 cm³/mol. The standard InChI is InChI=1S/C8H6Cl2O3/c9-5-1-2-6(10)7(3-5)13-4-8(11)12/h1-3H,4H2,(H,11,12). The lowest BCUT2D eigenvalue weighted by Crippen LogP contribution is -2.09. The highest BCUT2D eigenvalue weighted by Crippen LogP contribution is 2.27. The van der Waals surface area contributed by atoms with Crippen LogP contribution in [0.1, 0.15) is 0 Å². The summed E-state index contributed by atoms with van der Waals surface area (Å²) < 4.78 is 4.86. The smallest absolute Gasteiger partial charge is 0.341 e. The zero-order valence-electron chi connectivity index (χ0n) is 6.46. The molecule has 0 unspecified atom stereocenters. The molecule has 3 nitrogen and oxygen atoms in total. The van der Waals surface area contributed by atoms with Crippen molar-refractivity contribution in [2.24, 2.45) is 0 Å². The molecule has 13 heavy (non-hydrogen) atoms. The number of hydrogen-bond donors (Lipinski definition) is 1. The molecule has 1 rings (SSSR count). The van der Waals surface area contributed by atoms with E-state index in [1.165, 1.54) is 6.07 Å². The molecular formula is C8H6Cl2O3. The Hall–Kier alpha value is -0.930. The lowest BCUT2D eigenvalue weighted by Gasteiger charge is -2.04. The molecule has 0 spiro atoms. The highest BCUT2D eigenvalue weighted by molar-refractivity contribution is 6.34. The van der Waals surface area contributed by atoms with Gasteiger partial charge in [0.05, 0.1) is 5.02 Å². The molecule has 5 heteroatoms. The molecule has 0 saturated carbocycles. The Labute approximate surface area is 84.8 Å². The number of carboxylic acids is 1. The molecule has 0 radical (unpaired) electrons. The van der Waals surface area contributed by atoms with Gasteiger partial charge in [0.25, 0.3) is 0 Å². The highest BCUT2D eigenvalue weighted by Gasteiger charge is 2.04. The van der Waals surface area contributed by atoms with E-state index in [-0.39, 0.29) is 5.75 Å². The maximum atomic E-state index is 10.2. The monoisotopic (exact) mass is 220 g/mol. The average Bonchev–Trinajstić information content (AvgIpc) is 2.06. The maximum absolute atomic E-state index is 10.2. The molecule has 0 heterocycles. The summed E-state index contributed by atoms with van der Waals surface area (Å²) in [6, 6.07) is 4.60. The molecule has 0 atom stereocenters. The summed E-state index contributed by atoms with van der Waals surface area (Å²) in [5.41, 5.74) is 0. The Kier molecular flexibility index (Phi) is 3.39. The number of hydrogen-bond acceptors (Lipinski definition) is 2. The van der Waals surface area contributed by atoms with Crippen molar-refractivity contribution in [2.75, 3.05) is 6.61 Å². The summed E-state index contributed by atoms with van der Waals surface area (Å²) in [5, 5.41) is 9.12. The van der Waals surface area contributed by atoms with Crippen LogP contribution in [0.2, 0.25) is 10.0 Å². The van der Waals surface area contributed by atoms with Gasteiger partial charge in [-0.1, -0.05) is 23.2 Å². The van der Waals surface area contributed by atoms with Gasteiger partial charge in [0.1, 0.15) is 5.75 Å². The molecule has 0 amide bonds. The van der Waals surface area contributed by atoms with Gasteiger partial charge >= 0.3 is 5.97 Å². The summed E-state index contributed by atoms with van der Waals surface area (Å²) in [6.07, 6.45) is 0. The Balaban J connectivity index is 2.75. The summed E-state index contributed by atoms with van der Waals surface area (Å²) in [4.78, 5) is 10.2. The van der Waals surface area contributed by atoms with Crippen LogP contribution in [-0.2, 0) is 4.79 Å². The lowest BCUT2D eigenvalue weighted by molar-refractivity contribution is -0.139. The number of ether oxygens (including phenoxy) is 1. The Morgan fingerprint density at radius 3 is 2.77 bits per heavy atom. The number of carboxylic acid groups (broad SMARTS) is 1. The number of aliphatic carboxylic acids is 1. The molecule has 1 aromatic carbocycles. The van der Waals surface area contributed by atoms with E-state index in [4.69, 9.17) is 33.0 Å². The number of rotatable bonds is 3. The third-order valence-electron chi connectivity index (χ3n) is 1.24. The Bertz CT molecular complexity index is 325. The fraction of sp³-hybridized carbons (Fsp3) is 0.125. The van der Waals surface area contributed by atoms with Gasteiger partial charge in [0, 0.05) is 11.1 Å². The molecule has 1 N–H and O–H groups in total. The van der Waals surface area contributed by atoms with E-state index >= 15 is 0 Å². The molecule has 0 aliphatic heterocycles. The third-order valence-corrected chi connectivity index (χ3v) is 1.79. The lowest BCUT2D eigenvalue weighted by atomic mass is 10.3. The fourth-order valence-corrected chi connectivity index (χ4v) is 1.06. The Morgan fingerprint density at radius 2 is 2.15 bits per heavy atom. The van der Waals surface area contributed by atoms with E-state index in [0.29, 0.717) is 10.0 Å². The molecule has 0 aromatic heterocycles. The Morgan fingerprint density at radius 1 is 1.46 bits per heavy atom.